The van der Waals surface area contributed by atoms with Gasteiger partial charge < -0.3 is 9.90 Å². The van der Waals surface area contributed by atoms with Crippen molar-refractivity contribution in [1.29, 1.82) is 0 Å². The molecule has 0 rings (SSSR count). The Morgan fingerprint density at radius 1 is 1.33 bits per heavy atom. The normalized spacial score (nSPS) is 9.58. The van der Waals surface area contributed by atoms with Gasteiger partial charge in [0.2, 0.25) is 0 Å². The van der Waals surface area contributed by atoms with Crippen molar-refractivity contribution in [3.05, 3.63) is 12.2 Å². The number of nitrogens with zero attached hydrogens (tertiary/aromatic N) is 1. The average Bonchev–Trinajstić information content (AvgIpc) is 1.82. The Morgan fingerprint density at radius 2 is 1.83 bits per heavy atom. The Labute approximate surface area is 92.7 Å². The Balaban J connectivity index is 0. The van der Waals surface area contributed by atoms with Gasteiger partial charge in [0.15, 0.2) is 0 Å². The van der Waals surface area contributed by atoms with Crippen molar-refractivity contribution >= 4 is 11.9 Å². The number of carboxylic acid groups (broad SMARTS) is 1. The van der Waals surface area contributed by atoms with E-state index in [9.17, 15) is 14.7 Å². The molecule has 62 valence electrons. The number of rotatable bonds is 3. The van der Waals surface area contributed by atoms with Gasteiger partial charge in [-0.25, -0.2) is 5.01 Å². The molecule has 0 spiro atoms. The molecule has 1 N–H and O–H groups in total. The molecule has 0 aromatic heterocycles. The molecule has 0 atom stereocenters. The van der Waals surface area contributed by atoms with Crippen LogP contribution in [0.2, 0.25) is 0 Å². The first-order chi connectivity index (χ1) is 5.02. The minimum Gasteiger partial charge on any atom is -0.545 e. The Kier molecular flexibility index (Phi) is 8.62. The molecule has 12 heavy (non-hydrogen) atoms. The van der Waals surface area contributed by atoms with Crippen LogP contribution < -0.4 is 40.1 Å². The largest absolute Gasteiger partial charge is 1.00 e. The minimum atomic E-state index is -1.39. The molecule has 0 aliphatic rings. The van der Waals surface area contributed by atoms with Gasteiger partial charge in [0.25, 0.3) is 5.91 Å². The van der Waals surface area contributed by atoms with Crippen LogP contribution in [0.25, 0.3) is 0 Å². The Hall–Kier alpha value is -0.360. The molecule has 0 bridgehead atoms. The number of hydrogen-bond acceptors (Lipinski definition) is 4. The van der Waals surface area contributed by atoms with Gasteiger partial charge in [-0.05, 0) is 6.08 Å². The maximum Gasteiger partial charge on any atom is 1.00 e. The van der Waals surface area contributed by atoms with Crippen LogP contribution in [0.5, 0.6) is 0 Å². The second kappa shape index (κ2) is 7.30. The summed E-state index contributed by atoms with van der Waals surface area (Å²) in [4.78, 5) is 20.4. The standard InChI is InChI=1S/C6H10N2O3.Na/c1-8(2)7-5(9)3-4-6(10)11;/h3-4H,1-2H3,(H,7,9)(H,10,11);/q;+1/p-1/b4-3-;. The van der Waals surface area contributed by atoms with Gasteiger partial charge in [0.1, 0.15) is 0 Å². The minimum absolute atomic E-state index is 0. The van der Waals surface area contributed by atoms with Crippen LogP contribution >= 0.6 is 0 Å². The smallest absolute Gasteiger partial charge is 0.545 e. The zero-order chi connectivity index (χ0) is 8.85. The third-order valence-electron chi connectivity index (χ3n) is 0.705. The van der Waals surface area contributed by atoms with Crippen molar-refractivity contribution < 1.29 is 44.3 Å². The van der Waals surface area contributed by atoms with Gasteiger partial charge in [-0.3, -0.25) is 10.2 Å². The maximum atomic E-state index is 10.6. The molecule has 0 fully saturated rings. The van der Waals surface area contributed by atoms with Crippen molar-refractivity contribution in [2.45, 2.75) is 0 Å². The summed E-state index contributed by atoms with van der Waals surface area (Å²) in [6.07, 6.45) is 1.55. The number of carbonyl (C=O) groups excluding carboxylic acids is 2. The summed E-state index contributed by atoms with van der Waals surface area (Å²) in [5, 5.41) is 11.2. The first-order valence-corrected chi connectivity index (χ1v) is 2.89. The van der Waals surface area contributed by atoms with Crippen LogP contribution in [-0.4, -0.2) is 31.0 Å². The number of carbonyl (C=O) groups is 2. The van der Waals surface area contributed by atoms with E-state index in [1.807, 2.05) is 0 Å². The third kappa shape index (κ3) is 9.64. The van der Waals surface area contributed by atoms with Gasteiger partial charge in [0.05, 0.1) is 5.97 Å². The summed E-state index contributed by atoms with van der Waals surface area (Å²) in [6.45, 7) is 0. The van der Waals surface area contributed by atoms with Crippen molar-refractivity contribution in [1.82, 2.24) is 10.4 Å². The van der Waals surface area contributed by atoms with Crippen LogP contribution in [-0.2, 0) is 9.59 Å². The van der Waals surface area contributed by atoms with E-state index in [0.29, 0.717) is 6.08 Å². The van der Waals surface area contributed by atoms with E-state index in [1.165, 1.54) is 5.01 Å². The average molecular weight is 180 g/mol. The quantitative estimate of drug-likeness (QED) is 0.268. The van der Waals surface area contributed by atoms with Crippen molar-refractivity contribution in [3.8, 4) is 0 Å². The zero-order valence-corrected chi connectivity index (χ0v) is 9.33. The molecule has 0 saturated carbocycles. The SMILES string of the molecule is CN(C)NC(=O)/C=C\C(=O)[O-].[Na+]. The van der Waals surface area contributed by atoms with Crippen LogP contribution in [0, 0.1) is 0 Å². The molecule has 0 heterocycles. The molecule has 0 saturated heterocycles. The molecule has 0 aromatic rings. The van der Waals surface area contributed by atoms with Crippen LogP contribution in [0.3, 0.4) is 0 Å². The van der Waals surface area contributed by atoms with E-state index >= 15 is 0 Å². The molecule has 6 heteroatoms. The number of aliphatic carboxylic acids is 1. The van der Waals surface area contributed by atoms with E-state index in [1.54, 1.807) is 14.1 Å². The molecule has 5 nitrogen and oxygen atoms in total. The molecule has 1 amide bonds. The first kappa shape index (κ1) is 14.2. The van der Waals surface area contributed by atoms with Gasteiger partial charge in [0, 0.05) is 20.2 Å². The Bertz CT molecular complexity index is 191. The maximum absolute atomic E-state index is 10.6. The number of nitrogens with one attached hydrogen (secondary N) is 1. The van der Waals surface area contributed by atoms with Gasteiger partial charge in [-0.1, -0.05) is 0 Å². The van der Waals surface area contributed by atoms with E-state index < -0.39 is 11.9 Å². The van der Waals surface area contributed by atoms with E-state index in [2.05, 4.69) is 5.43 Å². The summed E-state index contributed by atoms with van der Waals surface area (Å²) < 4.78 is 0. The van der Waals surface area contributed by atoms with Crippen molar-refractivity contribution in [2.24, 2.45) is 0 Å². The summed E-state index contributed by atoms with van der Waals surface area (Å²) in [5.41, 5.74) is 2.31. The molecule has 0 aliphatic carbocycles. The van der Waals surface area contributed by atoms with E-state index in [4.69, 9.17) is 0 Å². The fourth-order valence-electron chi connectivity index (χ4n) is 0.401. The zero-order valence-electron chi connectivity index (χ0n) is 7.33. The number of carboxylic acids is 1. The van der Waals surface area contributed by atoms with Crippen molar-refractivity contribution in [3.63, 3.8) is 0 Å². The second-order valence-corrected chi connectivity index (χ2v) is 2.02. The van der Waals surface area contributed by atoms with Crippen molar-refractivity contribution in [2.75, 3.05) is 14.1 Å². The summed E-state index contributed by atoms with van der Waals surface area (Å²) in [7, 11) is 3.23. The predicted octanol–water partition coefficient (Wildman–Crippen LogP) is -5.11. The monoisotopic (exact) mass is 180 g/mol. The number of hydrogen-bond donors (Lipinski definition) is 1. The van der Waals surface area contributed by atoms with E-state index in [0.717, 1.165) is 6.08 Å². The molecular weight excluding hydrogens is 171 g/mol. The molecular formula is C6H9N2NaO3. The molecule has 0 aliphatic heterocycles. The van der Waals surface area contributed by atoms with Crippen LogP contribution in [0.15, 0.2) is 12.2 Å². The third-order valence-corrected chi connectivity index (χ3v) is 0.705. The van der Waals surface area contributed by atoms with Gasteiger partial charge >= 0.3 is 29.6 Å². The number of amides is 1. The first-order valence-electron chi connectivity index (χ1n) is 2.89. The predicted molar refractivity (Wildman–Crippen MR) is 36.0 cm³/mol. The Morgan fingerprint density at radius 3 is 2.17 bits per heavy atom. The number of hydrazine groups is 1. The summed E-state index contributed by atoms with van der Waals surface area (Å²) >= 11 is 0. The molecule has 0 unspecified atom stereocenters. The molecule has 0 radical (unpaired) electrons. The summed E-state index contributed by atoms with van der Waals surface area (Å²) in [5.74, 6) is -1.89. The van der Waals surface area contributed by atoms with Crippen LogP contribution in [0.4, 0.5) is 0 Å². The fourth-order valence-corrected chi connectivity index (χ4v) is 0.401. The van der Waals surface area contributed by atoms with Crippen LogP contribution in [0.1, 0.15) is 0 Å². The van der Waals surface area contributed by atoms with Gasteiger partial charge in [-0.2, -0.15) is 0 Å². The molecule has 0 aromatic carbocycles. The van der Waals surface area contributed by atoms with Gasteiger partial charge in [-0.15, -0.1) is 0 Å². The fraction of sp³-hybridized carbons (Fsp3) is 0.333. The van der Waals surface area contributed by atoms with E-state index in [-0.39, 0.29) is 29.6 Å². The second-order valence-electron chi connectivity index (χ2n) is 2.02. The summed E-state index contributed by atoms with van der Waals surface area (Å²) in [6, 6.07) is 0. The topological polar surface area (TPSA) is 72.5 Å².